The normalized spacial score (nSPS) is 10.5. The van der Waals surface area contributed by atoms with Gasteiger partial charge in [-0.25, -0.2) is 9.18 Å². The van der Waals surface area contributed by atoms with E-state index in [2.05, 4.69) is 0 Å². The van der Waals surface area contributed by atoms with Crippen LogP contribution in [0.25, 0.3) is 0 Å². The maximum absolute atomic E-state index is 12.8. The van der Waals surface area contributed by atoms with Crippen LogP contribution < -0.4 is 4.74 Å². The molecule has 0 heterocycles. The number of thioether (sulfide) groups is 1. The van der Waals surface area contributed by atoms with Gasteiger partial charge < -0.3 is 9.84 Å². The lowest BCUT2D eigenvalue weighted by atomic mass is 10.1. The summed E-state index contributed by atoms with van der Waals surface area (Å²) in [5.74, 6) is 0.377. The molecule has 122 valence electrons. The molecule has 0 aliphatic rings. The van der Waals surface area contributed by atoms with Crippen LogP contribution in [0, 0.1) is 12.7 Å². The second kappa shape index (κ2) is 8.58. The third-order valence-corrected chi connectivity index (χ3v) is 4.37. The molecule has 0 aromatic heterocycles. The molecule has 1 N–H and O–H groups in total. The number of carbonyl (C=O) groups is 1. The Morgan fingerprint density at radius 1 is 1.22 bits per heavy atom. The van der Waals surface area contributed by atoms with Crippen LogP contribution in [-0.4, -0.2) is 23.4 Å². The topological polar surface area (TPSA) is 46.5 Å². The Hall–Kier alpha value is -2.01. The molecule has 23 heavy (non-hydrogen) atoms. The first-order valence-electron chi connectivity index (χ1n) is 7.37. The Labute approximate surface area is 139 Å². The number of halogens is 1. The molecule has 0 bridgehead atoms. The van der Waals surface area contributed by atoms with Crippen LogP contribution >= 0.6 is 11.8 Å². The molecule has 0 radical (unpaired) electrons. The molecule has 2 rings (SSSR count). The number of ether oxygens (including phenoxy) is 1. The van der Waals surface area contributed by atoms with Gasteiger partial charge in [-0.05, 0) is 67.0 Å². The van der Waals surface area contributed by atoms with E-state index in [1.54, 1.807) is 17.8 Å². The molecule has 5 heteroatoms. The number of aryl methyl sites for hydroxylation is 2. The molecule has 0 saturated carbocycles. The highest BCUT2D eigenvalue weighted by Crippen LogP contribution is 2.26. The van der Waals surface area contributed by atoms with E-state index in [0.717, 1.165) is 34.6 Å². The van der Waals surface area contributed by atoms with Crippen molar-refractivity contribution in [1.29, 1.82) is 0 Å². The van der Waals surface area contributed by atoms with Crippen molar-refractivity contribution >= 4 is 17.7 Å². The third-order valence-electron chi connectivity index (χ3n) is 3.29. The SMILES string of the molecule is Cc1cc(SCCCc2ccc(F)cc2)ccc1OCC(=O)O. The summed E-state index contributed by atoms with van der Waals surface area (Å²) in [6, 6.07) is 12.4. The van der Waals surface area contributed by atoms with Crippen LogP contribution in [0.1, 0.15) is 17.5 Å². The lowest BCUT2D eigenvalue weighted by molar-refractivity contribution is -0.139. The van der Waals surface area contributed by atoms with Gasteiger partial charge in [0.25, 0.3) is 0 Å². The van der Waals surface area contributed by atoms with Crippen LogP contribution in [0.3, 0.4) is 0 Å². The van der Waals surface area contributed by atoms with Crippen molar-refractivity contribution in [3.05, 3.63) is 59.4 Å². The minimum atomic E-state index is -0.983. The number of carboxylic acids is 1. The number of hydrogen-bond donors (Lipinski definition) is 1. The minimum absolute atomic E-state index is 0.205. The van der Waals surface area contributed by atoms with E-state index in [-0.39, 0.29) is 12.4 Å². The van der Waals surface area contributed by atoms with Gasteiger partial charge in [0.2, 0.25) is 0 Å². The van der Waals surface area contributed by atoms with Crippen molar-refractivity contribution in [3.8, 4) is 5.75 Å². The highest BCUT2D eigenvalue weighted by molar-refractivity contribution is 7.99. The Bertz CT molecular complexity index is 656. The van der Waals surface area contributed by atoms with Crippen LogP contribution in [0.15, 0.2) is 47.4 Å². The van der Waals surface area contributed by atoms with Crippen LogP contribution in [0.4, 0.5) is 4.39 Å². The van der Waals surface area contributed by atoms with E-state index in [1.807, 2.05) is 31.2 Å². The molecule has 0 saturated heterocycles. The van der Waals surface area contributed by atoms with Gasteiger partial charge in [0.05, 0.1) is 0 Å². The second-order valence-corrected chi connectivity index (χ2v) is 6.36. The first-order valence-corrected chi connectivity index (χ1v) is 8.35. The maximum Gasteiger partial charge on any atom is 0.341 e. The van der Waals surface area contributed by atoms with E-state index >= 15 is 0 Å². The molecule has 0 unspecified atom stereocenters. The summed E-state index contributed by atoms with van der Waals surface area (Å²) in [6.07, 6.45) is 1.93. The molecule has 0 aliphatic carbocycles. The van der Waals surface area contributed by atoms with Crippen molar-refractivity contribution in [2.45, 2.75) is 24.7 Å². The highest BCUT2D eigenvalue weighted by Gasteiger charge is 2.04. The second-order valence-electron chi connectivity index (χ2n) is 5.19. The van der Waals surface area contributed by atoms with E-state index in [4.69, 9.17) is 9.84 Å². The zero-order valence-corrected chi connectivity index (χ0v) is 13.7. The maximum atomic E-state index is 12.8. The lowest BCUT2D eigenvalue weighted by Crippen LogP contribution is -2.09. The molecule has 0 atom stereocenters. The van der Waals surface area contributed by atoms with Crippen LogP contribution in [0.5, 0.6) is 5.75 Å². The smallest absolute Gasteiger partial charge is 0.341 e. The highest BCUT2D eigenvalue weighted by atomic mass is 32.2. The van der Waals surface area contributed by atoms with Crippen LogP contribution in [0.2, 0.25) is 0 Å². The molecule has 2 aromatic carbocycles. The van der Waals surface area contributed by atoms with Crippen molar-refractivity contribution in [2.75, 3.05) is 12.4 Å². The monoisotopic (exact) mass is 334 g/mol. The number of hydrogen-bond acceptors (Lipinski definition) is 3. The lowest BCUT2D eigenvalue weighted by Gasteiger charge is -2.09. The fourth-order valence-corrected chi connectivity index (χ4v) is 3.08. The molecular formula is C18H19FO3S. The summed E-state index contributed by atoms with van der Waals surface area (Å²) in [7, 11) is 0. The van der Waals surface area contributed by atoms with Gasteiger partial charge in [-0.1, -0.05) is 12.1 Å². The summed E-state index contributed by atoms with van der Waals surface area (Å²) >= 11 is 1.74. The molecule has 2 aromatic rings. The van der Waals surface area contributed by atoms with Gasteiger partial charge in [-0.15, -0.1) is 11.8 Å². The molecular weight excluding hydrogens is 315 g/mol. The molecule has 3 nitrogen and oxygen atoms in total. The predicted molar refractivity (Wildman–Crippen MR) is 89.8 cm³/mol. The van der Waals surface area contributed by atoms with Crippen molar-refractivity contribution in [2.24, 2.45) is 0 Å². The fraction of sp³-hybridized carbons (Fsp3) is 0.278. The van der Waals surface area contributed by atoms with Crippen molar-refractivity contribution in [1.82, 2.24) is 0 Å². The summed E-state index contributed by atoms with van der Waals surface area (Å²) in [5, 5.41) is 8.62. The summed E-state index contributed by atoms with van der Waals surface area (Å²) in [4.78, 5) is 11.6. The van der Waals surface area contributed by atoms with Gasteiger partial charge in [0, 0.05) is 4.90 Å². The average molecular weight is 334 g/mol. The number of rotatable bonds is 8. The number of benzene rings is 2. The van der Waals surface area contributed by atoms with Crippen molar-refractivity contribution < 1.29 is 19.0 Å². The van der Waals surface area contributed by atoms with E-state index in [0.29, 0.717) is 5.75 Å². The summed E-state index contributed by atoms with van der Waals surface area (Å²) < 4.78 is 18.0. The quantitative estimate of drug-likeness (QED) is 0.577. The van der Waals surface area contributed by atoms with Gasteiger partial charge in [-0.3, -0.25) is 0 Å². The largest absolute Gasteiger partial charge is 0.482 e. The molecule has 0 fully saturated rings. The zero-order chi connectivity index (χ0) is 16.7. The Balaban J connectivity index is 1.78. The molecule has 0 amide bonds. The Morgan fingerprint density at radius 2 is 1.96 bits per heavy atom. The van der Waals surface area contributed by atoms with Crippen LogP contribution in [-0.2, 0) is 11.2 Å². The number of carboxylic acid groups (broad SMARTS) is 1. The average Bonchev–Trinajstić information content (AvgIpc) is 2.52. The predicted octanol–water partition coefficient (Wildman–Crippen LogP) is 4.32. The molecule has 0 spiro atoms. The third kappa shape index (κ3) is 5.94. The van der Waals surface area contributed by atoms with Gasteiger partial charge >= 0.3 is 5.97 Å². The molecule has 0 aliphatic heterocycles. The minimum Gasteiger partial charge on any atom is -0.482 e. The first kappa shape index (κ1) is 17.3. The van der Waals surface area contributed by atoms with E-state index in [1.165, 1.54) is 12.1 Å². The number of aliphatic carboxylic acids is 1. The Morgan fingerprint density at radius 3 is 2.61 bits per heavy atom. The van der Waals surface area contributed by atoms with Crippen molar-refractivity contribution in [3.63, 3.8) is 0 Å². The summed E-state index contributed by atoms with van der Waals surface area (Å²) in [6.45, 7) is 1.57. The van der Waals surface area contributed by atoms with E-state index in [9.17, 15) is 9.18 Å². The standard InChI is InChI=1S/C18H19FO3S/c1-13-11-16(8-9-17(13)22-12-18(20)21)23-10-2-3-14-4-6-15(19)7-5-14/h4-9,11H,2-3,10,12H2,1H3,(H,20,21). The van der Waals surface area contributed by atoms with Gasteiger partial charge in [0.1, 0.15) is 11.6 Å². The van der Waals surface area contributed by atoms with Gasteiger partial charge in [0.15, 0.2) is 6.61 Å². The summed E-state index contributed by atoms with van der Waals surface area (Å²) in [5.41, 5.74) is 2.07. The first-order chi connectivity index (χ1) is 11.0. The fourth-order valence-electron chi connectivity index (χ4n) is 2.13. The Kier molecular flexibility index (Phi) is 6.47. The zero-order valence-electron chi connectivity index (χ0n) is 12.9. The van der Waals surface area contributed by atoms with E-state index < -0.39 is 5.97 Å². The van der Waals surface area contributed by atoms with Gasteiger partial charge in [-0.2, -0.15) is 0 Å².